The van der Waals surface area contributed by atoms with Gasteiger partial charge in [-0.25, -0.2) is 0 Å². The van der Waals surface area contributed by atoms with Crippen molar-refractivity contribution >= 4 is 38.8 Å². The number of fused-ring (bicyclic) bond motifs is 1. The molecule has 4 rings (SSSR count). The van der Waals surface area contributed by atoms with Gasteiger partial charge in [-0.15, -0.1) is 11.8 Å². The Kier molecular flexibility index (Phi) is 8.83. The van der Waals surface area contributed by atoms with Gasteiger partial charge >= 0.3 is 10.3 Å². The molecule has 1 aromatic carbocycles. The number of nitrogens with zero attached hydrogens (tertiary/aromatic N) is 2. The van der Waals surface area contributed by atoms with Crippen LogP contribution in [0.1, 0.15) is 50.5 Å². The van der Waals surface area contributed by atoms with Gasteiger partial charge in [0.15, 0.2) is 0 Å². The fraction of sp³-hybridized carbons (Fsp3) is 0.591. The molecule has 0 amide bonds. The van der Waals surface area contributed by atoms with Crippen molar-refractivity contribution in [3.8, 4) is 0 Å². The number of aliphatic imine (C=N–C) groups is 1. The van der Waals surface area contributed by atoms with Crippen LogP contribution in [0.5, 0.6) is 0 Å². The molecule has 1 saturated carbocycles. The first-order valence-corrected chi connectivity index (χ1v) is 13.4. The van der Waals surface area contributed by atoms with Crippen LogP contribution in [0.3, 0.4) is 0 Å². The third kappa shape index (κ3) is 7.52. The number of aromatic nitrogens is 1. The third-order valence-corrected chi connectivity index (χ3v) is 7.45. The molecule has 0 radical (unpaired) electrons. The van der Waals surface area contributed by atoms with Crippen molar-refractivity contribution in [2.45, 2.75) is 62.8 Å². The lowest BCUT2D eigenvalue weighted by Crippen LogP contribution is -2.35. The van der Waals surface area contributed by atoms with Crippen molar-refractivity contribution in [3.05, 3.63) is 30.0 Å². The number of nitrogens with one attached hydrogen (secondary N) is 2. The highest BCUT2D eigenvalue weighted by Crippen LogP contribution is 2.29. The maximum Gasteiger partial charge on any atom is 0.333 e. The third-order valence-electron chi connectivity index (χ3n) is 5.78. The quantitative estimate of drug-likeness (QED) is 0.333. The monoisotopic (exact) mass is 466 g/mol. The van der Waals surface area contributed by atoms with Crippen LogP contribution in [-0.4, -0.2) is 60.6 Å². The average Bonchev–Trinajstić information content (AvgIpc) is 3.32. The predicted octanol–water partition coefficient (Wildman–Crippen LogP) is 4.40. The SMILES string of the molecule is Cc1cccc2c(SCCN=C3CCCN3C)c[nH]c12.O=S(=O)(O)NC1CCCCC1. The average molecular weight is 467 g/mol. The summed E-state index contributed by atoms with van der Waals surface area (Å²) in [6.45, 7) is 4.21. The normalized spacial score (nSPS) is 19.1. The molecule has 1 saturated heterocycles. The molecule has 0 atom stereocenters. The standard InChI is InChI=1S/C16H21N3S.C6H13NO3S/c1-12-5-3-6-13-14(11-18-16(12)13)20-10-8-17-15-7-4-9-19(15)2;8-11(9,10)7-6-4-2-1-3-5-6/h3,5-6,11,18H,4,7-10H2,1-2H3;6-7H,1-5H2,(H,8,9,10). The summed E-state index contributed by atoms with van der Waals surface area (Å²) in [4.78, 5) is 11.7. The van der Waals surface area contributed by atoms with Crippen LogP contribution in [0, 0.1) is 6.92 Å². The molecule has 2 aliphatic rings. The molecule has 0 unspecified atom stereocenters. The van der Waals surface area contributed by atoms with Crippen LogP contribution in [0.4, 0.5) is 0 Å². The van der Waals surface area contributed by atoms with E-state index in [0.717, 1.165) is 50.9 Å². The first-order chi connectivity index (χ1) is 14.8. The van der Waals surface area contributed by atoms with E-state index >= 15 is 0 Å². The molecule has 9 heteroatoms. The summed E-state index contributed by atoms with van der Waals surface area (Å²) in [5.74, 6) is 2.32. The van der Waals surface area contributed by atoms with Gasteiger partial charge in [-0.1, -0.05) is 37.5 Å². The second-order valence-corrected chi connectivity index (χ2v) is 10.6. The van der Waals surface area contributed by atoms with Gasteiger partial charge in [-0.2, -0.15) is 13.1 Å². The van der Waals surface area contributed by atoms with Crippen molar-refractivity contribution in [2.24, 2.45) is 4.99 Å². The van der Waals surface area contributed by atoms with E-state index in [4.69, 9.17) is 9.55 Å². The number of amidine groups is 1. The van der Waals surface area contributed by atoms with Gasteiger partial charge in [0, 0.05) is 53.8 Å². The zero-order valence-electron chi connectivity index (χ0n) is 18.4. The number of hydrogen-bond acceptors (Lipinski definition) is 4. The first-order valence-electron chi connectivity index (χ1n) is 11.0. The Balaban J connectivity index is 0.000000210. The maximum absolute atomic E-state index is 10.3. The van der Waals surface area contributed by atoms with Gasteiger partial charge in [0.2, 0.25) is 0 Å². The highest BCUT2D eigenvalue weighted by atomic mass is 32.2. The van der Waals surface area contributed by atoms with E-state index in [0.29, 0.717) is 0 Å². The van der Waals surface area contributed by atoms with E-state index < -0.39 is 10.3 Å². The smallest absolute Gasteiger partial charge is 0.333 e. The molecule has 7 nitrogen and oxygen atoms in total. The topological polar surface area (TPSA) is 97.8 Å². The zero-order chi connectivity index (χ0) is 22.3. The number of rotatable bonds is 6. The van der Waals surface area contributed by atoms with Gasteiger partial charge in [0.25, 0.3) is 0 Å². The molecule has 2 fully saturated rings. The Bertz CT molecular complexity index is 982. The van der Waals surface area contributed by atoms with Crippen molar-refractivity contribution < 1.29 is 13.0 Å². The maximum atomic E-state index is 10.3. The van der Waals surface area contributed by atoms with Crippen LogP contribution < -0.4 is 4.72 Å². The van der Waals surface area contributed by atoms with Gasteiger partial charge < -0.3 is 9.88 Å². The summed E-state index contributed by atoms with van der Waals surface area (Å²) in [6, 6.07) is 6.43. The van der Waals surface area contributed by atoms with E-state index in [2.05, 4.69) is 53.0 Å². The summed E-state index contributed by atoms with van der Waals surface area (Å²) < 4.78 is 31.3. The fourth-order valence-corrected chi connectivity index (χ4v) is 5.68. The highest BCUT2D eigenvalue weighted by Gasteiger charge is 2.17. The Morgan fingerprint density at radius 1 is 1.26 bits per heavy atom. The summed E-state index contributed by atoms with van der Waals surface area (Å²) in [6.07, 6.45) is 9.48. The minimum absolute atomic E-state index is 0.0428. The summed E-state index contributed by atoms with van der Waals surface area (Å²) in [7, 11) is -1.83. The van der Waals surface area contributed by atoms with Crippen molar-refractivity contribution in [3.63, 3.8) is 0 Å². The Morgan fingerprint density at radius 2 is 2.03 bits per heavy atom. The number of aryl methyl sites for hydroxylation is 1. The zero-order valence-corrected chi connectivity index (χ0v) is 20.1. The molecular weight excluding hydrogens is 432 g/mol. The molecule has 0 bridgehead atoms. The first kappa shape index (κ1) is 24.1. The molecule has 172 valence electrons. The predicted molar refractivity (Wildman–Crippen MR) is 129 cm³/mol. The van der Waals surface area contributed by atoms with Crippen molar-refractivity contribution in [1.29, 1.82) is 0 Å². The number of H-pyrrole nitrogens is 1. The van der Waals surface area contributed by atoms with Crippen LogP contribution in [0.2, 0.25) is 0 Å². The summed E-state index contributed by atoms with van der Waals surface area (Å²) in [5, 5.41) is 1.33. The Labute approximate surface area is 190 Å². The van der Waals surface area contributed by atoms with Crippen molar-refractivity contribution in [2.75, 3.05) is 25.9 Å². The summed E-state index contributed by atoms with van der Waals surface area (Å²) >= 11 is 1.89. The highest BCUT2D eigenvalue weighted by molar-refractivity contribution is 7.99. The van der Waals surface area contributed by atoms with Crippen LogP contribution >= 0.6 is 11.8 Å². The van der Waals surface area contributed by atoms with E-state index in [1.165, 1.54) is 40.0 Å². The van der Waals surface area contributed by atoms with E-state index in [1.54, 1.807) is 0 Å². The van der Waals surface area contributed by atoms with E-state index in [1.807, 2.05) is 11.8 Å². The van der Waals surface area contributed by atoms with Crippen LogP contribution in [0.15, 0.2) is 34.3 Å². The fourth-order valence-electron chi connectivity index (χ4n) is 4.15. The molecule has 2 aromatic rings. The lowest BCUT2D eigenvalue weighted by Gasteiger charge is -2.20. The van der Waals surface area contributed by atoms with Gasteiger partial charge in [0.1, 0.15) is 0 Å². The minimum atomic E-state index is -3.97. The molecule has 1 aromatic heterocycles. The molecule has 1 aliphatic carbocycles. The molecule has 2 heterocycles. The summed E-state index contributed by atoms with van der Waals surface area (Å²) in [5.41, 5.74) is 2.57. The number of aromatic amines is 1. The number of para-hydroxylation sites is 1. The molecule has 31 heavy (non-hydrogen) atoms. The number of thioether (sulfide) groups is 1. The van der Waals surface area contributed by atoms with Gasteiger partial charge in [0.05, 0.1) is 12.4 Å². The van der Waals surface area contributed by atoms with E-state index in [9.17, 15) is 8.42 Å². The number of hydrogen-bond donors (Lipinski definition) is 3. The second kappa shape index (κ2) is 11.4. The molecular formula is C22H34N4O3S2. The molecule has 1 aliphatic heterocycles. The lowest BCUT2D eigenvalue weighted by molar-refractivity contribution is 0.389. The largest absolute Gasteiger partial charge is 0.363 e. The van der Waals surface area contributed by atoms with E-state index in [-0.39, 0.29) is 6.04 Å². The van der Waals surface area contributed by atoms with Crippen molar-refractivity contribution in [1.82, 2.24) is 14.6 Å². The lowest BCUT2D eigenvalue weighted by atomic mass is 9.96. The Hall–Kier alpha value is -1.55. The van der Waals surface area contributed by atoms with Crippen LogP contribution in [-0.2, 0) is 10.3 Å². The second-order valence-electron chi connectivity index (χ2n) is 8.25. The molecule has 3 N–H and O–H groups in total. The van der Waals surface area contributed by atoms with Gasteiger partial charge in [-0.3, -0.25) is 9.55 Å². The number of benzene rings is 1. The Morgan fingerprint density at radius 3 is 2.71 bits per heavy atom. The molecule has 0 spiro atoms. The van der Waals surface area contributed by atoms with Crippen LogP contribution in [0.25, 0.3) is 10.9 Å². The minimum Gasteiger partial charge on any atom is -0.363 e. The number of likely N-dealkylation sites (tertiary alicyclic amines) is 1. The van der Waals surface area contributed by atoms with Gasteiger partial charge in [-0.05, 0) is 31.7 Å².